The van der Waals surface area contributed by atoms with Gasteiger partial charge in [-0.1, -0.05) is 12.1 Å². The van der Waals surface area contributed by atoms with Crippen LogP contribution < -0.4 is 10.6 Å². The number of rotatable bonds is 2. The molecule has 2 amide bonds. The Morgan fingerprint density at radius 1 is 1.05 bits per heavy atom. The summed E-state index contributed by atoms with van der Waals surface area (Å²) in [5.41, 5.74) is 4.67. The average Bonchev–Trinajstić information content (AvgIpc) is 2.35. The van der Waals surface area contributed by atoms with Gasteiger partial charge in [0.2, 0.25) is 0 Å². The SMILES string of the molecule is CNC(=O)O.Cc1ccc(CNC(=O)O)c(C)c1C. The molecule has 0 heterocycles. The maximum absolute atomic E-state index is 10.3. The lowest BCUT2D eigenvalue weighted by Crippen LogP contribution is -2.20. The van der Waals surface area contributed by atoms with Crippen molar-refractivity contribution in [2.75, 3.05) is 7.05 Å². The van der Waals surface area contributed by atoms with Gasteiger partial charge in [0.25, 0.3) is 0 Å². The zero-order valence-electron chi connectivity index (χ0n) is 11.6. The van der Waals surface area contributed by atoms with Crippen molar-refractivity contribution in [2.24, 2.45) is 0 Å². The molecule has 1 aromatic rings. The number of carboxylic acid groups (broad SMARTS) is 2. The van der Waals surface area contributed by atoms with E-state index in [1.807, 2.05) is 24.4 Å². The zero-order valence-corrected chi connectivity index (χ0v) is 11.6. The van der Waals surface area contributed by atoms with Crippen LogP contribution in [0.1, 0.15) is 22.3 Å². The fraction of sp³-hybridized carbons (Fsp3) is 0.385. The summed E-state index contributed by atoms with van der Waals surface area (Å²) in [6.45, 7) is 6.50. The van der Waals surface area contributed by atoms with Gasteiger partial charge in [-0.15, -0.1) is 0 Å². The van der Waals surface area contributed by atoms with Crippen LogP contribution in [0.3, 0.4) is 0 Å². The Hall–Kier alpha value is -2.24. The van der Waals surface area contributed by atoms with Crippen LogP contribution in [0.15, 0.2) is 12.1 Å². The summed E-state index contributed by atoms with van der Waals surface area (Å²) in [7, 11) is 1.35. The molecule has 6 nitrogen and oxygen atoms in total. The van der Waals surface area contributed by atoms with Crippen molar-refractivity contribution in [1.29, 1.82) is 0 Å². The summed E-state index contributed by atoms with van der Waals surface area (Å²) in [5, 5.41) is 20.4. The minimum atomic E-state index is -0.995. The van der Waals surface area contributed by atoms with Crippen molar-refractivity contribution in [3.05, 3.63) is 34.4 Å². The number of hydrogen-bond donors (Lipinski definition) is 4. The van der Waals surface area contributed by atoms with E-state index < -0.39 is 12.2 Å². The quantitative estimate of drug-likeness (QED) is 0.661. The van der Waals surface area contributed by atoms with Crippen molar-refractivity contribution in [3.63, 3.8) is 0 Å². The molecular weight excluding hydrogens is 248 g/mol. The molecule has 0 saturated carbocycles. The molecule has 4 N–H and O–H groups in total. The van der Waals surface area contributed by atoms with E-state index in [4.69, 9.17) is 10.2 Å². The largest absolute Gasteiger partial charge is 0.465 e. The fourth-order valence-electron chi connectivity index (χ4n) is 1.37. The molecule has 106 valence electrons. The lowest BCUT2D eigenvalue weighted by Gasteiger charge is -2.10. The van der Waals surface area contributed by atoms with E-state index in [1.54, 1.807) is 0 Å². The summed E-state index contributed by atoms with van der Waals surface area (Å²) in [6, 6.07) is 3.98. The van der Waals surface area contributed by atoms with E-state index in [0.29, 0.717) is 6.54 Å². The van der Waals surface area contributed by atoms with Crippen molar-refractivity contribution in [2.45, 2.75) is 27.3 Å². The molecule has 0 unspecified atom stereocenters. The molecule has 0 aromatic heterocycles. The molecule has 0 bridgehead atoms. The lowest BCUT2D eigenvalue weighted by atomic mass is 9.99. The first-order valence-electron chi connectivity index (χ1n) is 5.72. The van der Waals surface area contributed by atoms with Crippen LogP contribution in [0.4, 0.5) is 9.59 Å². The van der Waals surface area contributed by atoms with Crippen LogP contribution in [0, 0.1) is 20.8 Å². The first kappa shape index (κ1) is 16.8. The third-order valence-corrected chi connectivity index (χ3v) is 2.81. The lowest BCUT2D eigenvalue weighted by molar-refractivity contribution is 0.193. The number of aryl methyl sites for hydroxylation is 1. The van der Waals surface area contributed by atoms with Crippen LogP contribution in [0.5, 0.6) is 0 Å². The predicted octanol–water partition coefficient (Wildman–Crippen LogP) is 2.26. The van der Waals surface area contributed by atoms with Crippen LogP contribution in [-0.4, -0.2) is 29.4 Å². The van der Waals surface area contributed by atoms with Gasteiger partial charge in [0, 0.05) is 13.6 Å². The van der Waals surface area contributed by atoms with E-state index >= 15 is 0 Å². The van der Waals surface area contributed by atoms with Crippen LogP contribution in [-0.2, 0) is 6.54 Å². The van der Waals surface area contributed by atoms with Crippen LogP contribution in [0.25, 0.3) is 0 Å². The van der Waals surface area contributed by atoms with Crippen molar-refractivity contribution in [3.8, 4) is 0 Å². The first-order chi connectivity index (χ1) is 8.79. The molecule has 0 spiro atoms. The third kappa shape index (κ3) is 6.30. The molecule has 0 radical (unpaired) electrons. The molecule has 1 rings (SSSR count). The summed E-state index contributed by atoms with van der Waals surface area (Å²) in [5.74, 6) is 0. The predicted molar refractivity (Wildman–Crippen MR) is 72.6 cm³/mol. The molecule has 0 fully saturated rings. The minimum Gasteiger partial charge on any atom is -0.465 e. The highest BCUT2D eigenvalue weighted by Gasteiger charge is 2.04. The van der Waals surface area contributed by atoms with Gasteiger partial charge in [0.1, 0.15) is 0 Å². The maximum atomic E-state index is 10.3. The Labute approximate surface area is 112 Å². The topological polar surface area (TPSA) is 98.7 Å². The van der Waals surface area contributed by atoms with Gasteiger partial charge >= 0.3 is 12.2 Å². The zero-order chi connectivity index (χ0) is 15.0. The molecule has 6 heteroatoms. The third-order valence-electron chi connectivity index (χ3n) is 2.81. The summed E-state index contributed by atoms with van der Waals surface area (Å²) in [6.07, 6.45) is -1.98. The van der Waals surface area contributed by atoms with Gasteiger partial charge in [-0.25, -0.2) is 9.59 Å². The highest BCUT2D eigenvalue weighted by molar-refractivity contribution is 5.64. The molecule has 0 aliphatic heterocycles. The first-order valence-corrected chi connectivity index (χ1v) is 5.72. The van der Waals surface area contributed by atoms with Crippen LogP contribution >= 0.6 is 0 Å². The van der Waals surface area contributed by atoms with Crippen molar-refractivity contribution in [1.82, 2.24) is 10.6 Å². The fourth-order valence-corrected chi connectivity index (χ4v) is 1.37. The Kier molecular flexibility index (Phi) is 7.03. The summed E-state index contributed by atoms with van der Waals surface area (Å²) in [4.78, 5) is 19.6. The van der Waals surface area contributed by atoms with Gasteiger partial charge < -0.3 is 20.8 Å². The second-order valence-corrected chi connectivity index (χ2v) is 4.01. The van der Waals surface area contributed by atoms with Gasteiger partial charge in [-0.3, -0.25) is 0 Å². The van der Waals surface area contributed by atoms with Crippen molar-refractivity contribution >= 4 is 12.2 Å². The monoisotopic (exact) mass is 268 g/mol. The van der Waals surface area contributed by atoms with E-state index in [-0.39, 0.29) is 0 Å². The van der Waals surface area contributed by atoms with Crippen molar-refractivity contribution < 1.29 is 19.8 Å². The Morgan fingerprint density at radius 3 is 2.00 bits per heavy atom. The Morgan fingerprint density at radius 2 is 1.58 bits per heavy atom. The van der Waals surface area contributed by atoms with Gasteiger partial charge in [0.15, 0.2) is 0 Å². The maximum Gasteiger partial charge on any atom is 0.404 e. The molecule has 0 aliphatic carbocycles. The molecule has 0 saturated heterocycles. The highest BCUT2D eigenvalue weighted by Crippen LogP contribution is 2.16. The second-order valence-electron chi connectivity index (χ2n) is 4.01. The summed E-state index contributed by atoms with van der Waals surface area (Å²) < 4.78 is 0. The average molecular weight is 268 g/mol. The Balaban J connectivity index is 0.000000555. The molecule has 0 atom stereocenters. The number of nitrogens with one attached hydrogen (secondary N) is 2. The van der Waals surface area contributed by atoms with E-state index in [2.05, 4.69) is 19.2 Å². The summed E-state index contributed by atoms with van der Waals surface area (Å²) >= 11 is 0. The van der Waals surface area contributed by atoms with E-state index in [9.17, 15) is 9.59 Å². The number of hydrogen-bond acceptors (Lipinski definition) is 2. The number of benzene rings is 1. The normalized spacial score (nSPS) is 9.05. The van der Waals surface area contributed by atoms with E-state index in [1.165, 1.54) is 23.7 Å². The molecule has 19 heavy (non-hydrogen) atoms. The molecule has 0 aliphatic rings. The standard InChI is InChI=1S/C11H15NO2.C2H5NO2/c1-7-4-5-10(6-12-11(13)14)9(3)8(7)2;1-3-2(4)5/h4-5,12H,6H2,1-3H3,(H,13,14);3H,1H3,(H,4,5). The minimum absolute atomic E-state index is 0.377. The Bertz CT molecular complexity index is 458. The molecule has 1 aromatic carbocycles. The van der Waals surface area contributed by atoms with Gasteiger partial charge in [-0.05, 0) is 43.0 Å². The van der Waals surface area contributed by atoms with E-state index in [0.717, 1.165) is 5.56 Å². The smallest absolute Gasteiger partial charge is 0.404 e. The van der Waals surface area contributed by atoms with Crippen LogP contribution in [0.2, 0.25) is 0 Å². The molecular formula is C13H20N2O4. The van der Waals surface area contributed by atoms with Gasteiger partial charge in [-0.2, -0.15) is 0 Å². The second kappa shape index (κ2) is 7.97. The number of amides is 2. The van der Waals surface area contributed by atoms with Gasteiger partial charge in [0.05, 0.1) is 0 Å². The highest BCUT2D eigenvalue weighted by atomic mass is 16.4. The number of carbonyl (C=O) groups is 2.